The number of benzene rings is 2. The zero-order chi connectivity index (χ0) is 27.0. The third kappa shape index (κ3) is 8.16. The van der Waals surface area contributed by atoms with Gasteiger partial charge in [0.25, 0.3) is 0 Å². The van der Waals surface area contributed by atoms with E-state index in [0.717, 1.165) is 28.8 Å². The molecular formula is C25H32ClF2N3O4S. The molecule has 0 saturated heterocycles. The number of nitrogens with zero attached hydrogens (tertiary/aromatic N) is 2. The van der Waals surface area contributed by atoms with Gasteiger partial charge in [-0.2, -0.15) is 0 Å². The smallest absolute Gasteiger partial charge is 0.243 e. The van der Waals surface area contributed by atoms with Crippen molar-refractivity contribution in [3.63, 3.8) is 0 Å². The van der Waals surface area contributed by atoms with Gasteiger partial charge in [-0.05, 0) is 50.5 Å². The monoisotopic (exact) mass is 543 g/mol. The van der Waals surface area contributed by atoms with E-state index in [4.69, 9.17) is 11.6 Å². The molecule has 2 aromatic rings. The molecule has 2 rings (SSSR count). The summed E-state index contributed by atoms with van der Waals surface area (Å²) in [6.45, 7) is 5.41. The molecule has 36 heavy (non-hydrogen) atoms. The number of nitrogens with one attached hydrogen (secondary N) is 1. The lowest BCUT2D eigenvalue weighted by atomic mass is 10.1. The first-order chi connectivity index (χ1) is 16.8. The first-order valence-corrected chi connectivity index (χ1v) is 13.8. The zero-order valence-corrected chi connectivity index (χ0v) is 22.4. The molecule has 0 radical (unpaired) electrons. The Morgan fingerprint density at radius 2 is 1.75 bits per heavy atom. The maximum Gasteiger partial charge on any atom is 0.243 e. The molecule has 11 heteroatoms. The molecular weight excluding hydrogens is 512 g/mol. The van der Waals surface area contributed by atoms with Gasteiger partial charge in [0.05, 0.1) is 11.9 Å². The van der Waals surface area contributed by atoms with Crippen LogP contribution in [0, 0.1) is 11.6 Å². The molecule has 7 nitrogen and oxygen atoms in total. The molecule has 0 spiro atoms. The van der Waals surface area contributed by atoms with Crippen molar-refractivity contribution in [3.05, 3.63) is 64.7 Å². The number of sulfonamides is 1. The quantitative estimate of drug-likeness (QED) is 0.427. The third-order valence-electron chi connectivity index (χ3n) is 5.46. The van der Waals surface area contributed by atoms with Crippen LogP contribution in [0.3, 0.4) is 0 Å². The number of anilines is 1. The summed E-state index contributed by atoms with van der Waals surface area (Å²) >= 11 is 6.30. The van der Waals surface area contributed by atoms with Crippen LogP contribution in [0.2, 0.25) is 5.02 Å². The minimum atomic E-state index is -3.83. The van der Waals surface area contributed by atoms with Gasteiger partial charge < -0.3 is 10.2 Å². The summed E-state index contributed by atoms with van der Waals surface area (Å²) in [5.74, 6) is -2.93. The fourth-order valence-electron chi connectivity index (χ4n) is 3.75. The van der Waals surface area contributed by atoms with Crippen LogP contribution < -0.4 is 9.62 Å². The highest BCUT2D eigenvalue weighted by Gasteiger charge is 2.29. The van der Waals surface area contributed by atoms with E-state index in [0.29, 0.717) is 17.0 Å². The van der Waals surface area contributed by atoms with Gasteiger partial charge in [0.2, 0.25) is 21.8 Å². The summed E-state index contributed by atoms with van der Waals surface area (Å²) in [6, 6.07) is 8.93. The molecule has 0 aromatic heterocycles. The van der Waals surface area contributed by atoms with Crippen molar-refractivity contribution < 1.29 is 26.8 Å². The Kier molecular flexibility index (Phi) is 10.7. The minimum Gasteiger partial charge on any atom is -0.352 e. The maximum absolute atomic E-state index is 13.7. The molecule has 0 aliphatic heterocycles. The minimum absolute atomic E-state index is 0.0421. The summed E-state index contributed by atoms with van der Waals surface area (Å²) in [4.78, 5) is 27.7. The van der Waals surface area contributed by atoms with E-state index in [1.807, 2.05) is 13.8 Å². The molecule has 2 aromatic carbocycles. The summed E-state index contributed by atoms with van der Waals surface area (Å²) in [6.07, 6.45) is 1.32. The van der Waals surface area contributed by atoms with E-state index in [9.17, 15) is 26.8 Å². The molecule has 0 aliphatic rings. The first-order valence-electron chi connectivity index (χ1n) is 11.6. The fourth-order valence-corrected chi connectivity index (χ4v) is 4.91. The number of halogens is 3. The number of hydrogen-bond acceptors (Lipinski definition) is 4. The summed E-state index contributed by atoms with van der Waals surface area (Å²) in [5.41, 5.74) is 0.627. The van der Waals surface area contributed by atoms with Crippen LogP contribution in [0.25, 0.3) is 0 Å². The predicted octanol–water partition coefficient (Wildman–Crippen LogP) is 4.50. The second-order valence-corrected chi connectivity index (χ2v) is 11.1. The number of amides is 2. The van der Waals surface area contributed by atoms with Crippen LogP contribution in [0.15, 0.2) is 42.5 Å². The lowest BCUT2D eigenvalue weighted by Gasteiger charge is -2.32. The molecule has 0 heterocycles. The van der Waals surface area contributed by atoms with Crippen molar-refractivity contribution in [1.82, 2.24) is 10.2 Å². The predicted molar refractivity (Wildman–Crippen MR) is 137 cm³/mol. The van der Waals surface area contributed by atoms with Gasteiger partial charge in [-0.25, -0.2) is 17.2 Å². The van der Waals surface area contributed by atoms with E-state index in [2.05, 4.69) is 5.32 Å². The normalized spacial score (nSPS) is 12.3. The Hall–Kier alpha value is -2.72. The maximum atomic E-state index is 13.7. The molecule has 198 valence electrons. The Labute approximate surface area is 216 Å². The molecule has 0 unspecified atom stereocenters. The fraction of sp³-hybridized carbons (Fsp3) is 0.440. The van der Waals surface area contributed by atoms with Gasteiger partial charge in [-0.1, -0.05) is 36.7 Å². The molecule has 1 N–H and O–H groups in total. The Morgan fingerprint density at radius 1 is 1.08 bits per heavy atom. The zero-order valence-electron chi connectivity index (χ0n) is 20.8. The Balaban J connectivity index is 2.24. The van der Waals surface area contributed by atoms with Crippen molar-refractivity contribution in [3.8, 4) is 0 Å². The Bertz CT molecular complexity index is 1180. The number of hydrogen-bond donors (Lipinski definition) is 1. The van der Waals surface area contributed by atoms with E-state index < -0.39 is 27.7 Å². The van der Waals surface area contributed by atoms with Gasteiger partial charge in [0.1, 0.15) is 6.04 Å². The van der Waals surface area contributed by atoms with E-state index in [1.54, 1.807) is 31.2 Å². The van der Waals surface area contributed by atoms with Crippen LogP contribution in [0.5, 0.6) is 0 Å². The van der Waals surface area contributed by atoms with Crippen LogP contribution in [0.1, 0.15) is 45.6 Å². The van der Waals surface area contributed by atoms with E-state index in [1.165, 1.54) is 4.90 Å². The standard InChI is InChI=1S/C25H32ClF2N3O4S/c1-5-23(25(33)29-17(2)3)30(16-18-9-6-7-10-20(18)26)24(32)11-8-14-31(36(4,34)35)19-12-13-21(27)22(28)15-19/h6-7,9-10,12-13,15,17,23H,5,8,11,14,16H2,1-4H3,(H,29,33)/t23-/m1/s1. The van der Waals surface area contributed by atoms with Crippen molar-refractivity contribution >= 4 is 39.1 Å². The first kappa shape index (κ1) is 29.5. The molecule has 2 amide bonds. The largest absolute Gasteiger partial charge is 0.352 e. The highest BCUT2D eigenvalue weighted by Crippen LogP contribution is 2.23. The van der Waals surface area contributed by atoms with Crippen LogP contribution in [-0.4, -0.2) is 50.0 Å². The van der Waals surface area contributed by atoms with Crippen LogP contribution in [0.4, 0.5) is 14.5 Å². The lowest BCUT2D eigenvalue weighted by Crippen LogP contribution is -2.50. The number of carbonyl (C=O) groups is 2. The van der Waals surface area contributed by atoms with Gasteiger partial charge in [0, 0.05) is 36.6 Å². The molecule has 0 aliphatic carbocycles. The van der Waals surface area contributed by atoms with Gasteiger partial charge >= 0.3 is 0 Å². The number of carbonyl (C=O) groups excluding carboxylic acids is 2. The van der Waals surface area contributed by atoms with Gasteiger partial charge in [-0.15, -0.1) is 0 Å². The molecule has 0 saturated carbocycles. The highest BCUT2D eigenvalue weighted by molar-refractivity contribution is 7.92. The van der Waals surface area contributed by atoms with Crippen molar-refractivity contribution in [2.24, 2.45) is 0 Å². The topological polar surface area (TPSA) is 86.8 Å². The third-order valence-corrected chi connectivity index (χ3v) is 7.02. The van der Waals surface area contributed by atoms with Gasteiger partial charge in [0.15, 0.2) is 11.6 Å². The average Bonchev–Trinajstić information content (AvgIpc) is 2.78. The van der Waals surface area contributed by atoms with Crippen molar-refractivity contribution in [2.75, 3.05) is 17.1 Å². The molecule has 0 fully saturated rings. The molecule has 0 bridgehead atoms. The van der Waals surface area contributed by atoms with E-state index in [-0.39, 0.29) is 49.5 Å². The SMILES string of the molecule is CC[C@H](C(=O)NC(C)C)N(Cc1ccccc1Cl)C(=O)CCCN(c1ccc(F)c(F)c1)S(C)(=O)=O. The van der Waals surface area contributed by atoms with Crippen LogP contribution >= 0.6 is 11.6 Å². The second kappa shape index (κ2) is 13.0. The average molecular weight is 544 g/mol. The summed E-state index contributed by atoms with van der Waals surface area (Å²) in [7, 11) is -3.83. The second-order valence-electron chi connectivity index (χ2n) is 8.74. The van der Waals surface area contributed by atoms with Crippen molar-refractivity contribution in [2.45, 2.75) is 58.7 Å². The van der Waals surface area contributed by atoms with Crippen molar-refractivity contribution in [1.29, 1.82) is 0 Å². The molecule has 1 atom stereocenters. The summed E-state index contributed by atoms with van der Waals surface area (Å²) in [5, 5.41) is 3.29. The Morgan fingerprint density at radius 3 is 2.31 bits per heavy atom. The summed E-state index contributed by atoms with van der Waals surface area (Å²) < 4.78 is 52.6. The van der Waals surface area contributed by atoms with Gasteiger partial charge in [-0.3, -0.25) is 13.9 Å². The highest BCUT2D eigenvalue weighted by atomic mass is 35.5. The number of rotatable bonds is 12. The van der Waals surface area contributed by atoms with Crippen LogP contribution in [-0.2, 0) is 26.2 Å². The van der Waals surface area contributed by atoms with E-state index >= 15 is 0 Å². The lowest BCUT2D eigenvalue weighted by molar-refractivity contribution is -0.141.